The van der Waals surface area contributed by atoms with E-state index in [0.717, 1.165) is 12.0 Å². The number of carbonyl (C=O) groups is 1. The molecule has 33 heavy (non-hydrogen) atoms. The minimum atomic E-state index is -0.425. The minimum Gasteiger partial charge on any atom is -0.493 e. The first-order valence-corrected chi connectivity index (χ1v) is 10.8. The molecule has 0 saturated carbocycles. The maximum atomic E-state index is 12.7. The molecule has 0 unspecified atom stereocenters. The molecule has 0 fully saturated rings. The molecule has 9 nitrogen and oxygen atoms in total. The van der Waals surface area contributed by atoms with E-state index in [-0.39, 0.29) is 18.1 Å². The number of oxazole rings is 1. The van der Waals surface area contributed by atoms with Crippen LogP contribution in [-0.2, 0) is 13.0 Å². The van der Waals surface area contributed by atoms with Crippen LogP contribution >= 0.6 is 0 Å². The van der Waals surface area contributed by atoms with Crippen molar-refractivity contribution in [3.63, 3.8) is 0 Å². The van der Waals surface area contributed by atoms with E-state index < -0.39 is 5.91 Å². The van der Waals surface area contributed by atoms with Crippen molar-refractivity contribution >= 4 is 17.4 Å². The first kappa shape index (κ1) is 22.1. The summed E-state index contributed by atoms with van der Waals surface area (Å²) in [6.07, 6.45) is 0.926. The fourth-order valence-electron chi connectivity index (χ4n) is 3.37. The molecule has 2 heterocycles. The molecule has 0 aliphatic heterocycles. The molecule has 2 aromatic carbocycles. The van der Waals surface area contributed by atoms with Crippen molar-refractivity contribution in [3.05, 3.63) is 71.2 Å². The standard InChI is InChI=1S/C24H26N6O3/c1-4-16-10-12-17(13-11-16)26-23(31)21-22(25)30(29-28-21)14-19-15(3)33-24(27-19)18-8-6-7-9-20(18)32-5-2/h6-13H,4-5,14,25H2,1-3H3,(H,26,31). The van der Waals surface area contributed by atoms with Crippen molar-refractivity contribution in [1.82, 2.24) is 20.0 Å². The van der Waals surface area contributed by atoms with Gasteiger partial charge in [-0.05, 0) is 50.1 Å². The number of aryl methyl sites for hydroxylation is 2. The molecule has 0 atom stereocenters. The molecule has 0 aliphatic rings. The molecule has 170 valence electrons. The summed E-state index contributed by atoms with van der Waals surface area (Å²) >= 11 is 0. The van der Waals surface area contributed by atoms with Gasteiger partial charge in [-0.1, -0.05) is 36.4 Å². The molecule has 4 aromatic rings. The van der Waals surface area contributed by atoms with Gasteiger partial charge in [-0.2, -0.15) is 0 Å². The molecule has 0 radical (unpaired) electrons. The predicted octanol–water partition coefficient (Wildman–Crippen LogP) is 4.09. The van der Waals surface area contributed by atoms with Crippen LogP contribution in [0.15, 0.2) is 52.9 Å². The summed E-state index contributed by atoms with van der Waals surface area (Å²) in [4.78, 5) is 17.3. The molecule has 4 rings (SSSR count). The van der Waals surface area contributed by atoms with E-state index >= 15 is 0 Å². The van der Waals surface area contributed by atoms with Crippen LogP contribution in [0.5, 0.6) is 5.75 Å². The summed E-state index contributed by atoms with van der Waals surface area (Å²) in [5.41, 5.74) is 9.48. The van der Waals surface area contributed by atoms with Gasteiger partial charge < -0.3 is 20.2 Å². The summed E-state index contributed by atoms with van der Waals surface area (Å²) in [6, 6.07) is 15.2. The number of carbonyl (C=O) groups excluding carboxylic acids is 1. The molecule has 0 aliphatic carbocycles. The lowest BCUT2D eigenvalue weighted by atomic mass is 10.1. The van der Waals surface area contributed by atoms with Gasteiger partial charge in [0.05, 0.1) is 18.7 Å². The van der Waals surface area contributed by atoms with Gasteiger partial charge in [0, 0.05) is 5.69 Å². The van der Waals surface area contributed by atoms with E-state index in [2.05, 4.69) is 27.5 Å². The third kappa shape index (κ3) is 4.72. The summed E-state index contributed by atoms with van der Waals surface area (Å²) in [6.45, 7) is 6.56. The van der Waals surface area contributed by atoms with Gasteiger partial charge >= 0.3 is 0 Å². The number of nitrogens with two attached hydrogens (primary N) is 1. The Hall–Kier alpha value is -4.14. The normalized spacial score (nSPS) is 10.9. The molecule has 2 aromatic heterocycles. The van der Waals surface area contributed by atoms with Crippen LogP contribution in [0.1, 0.15) is 41.4 Å². The third-order valence-corrected chi connectivity index (χ3v) is 5.22. The van der Waals surface area contributed by atoms with Crippen LogP contribution in [0, 0.1) is 6.92 Å². The Morgan fingerprint density at radius 3 is 2.64 bits per heavy atom. The van der Waals surface area contributed by atoms with Crippen molar-refractivity contribution in [2.45, 2.75) is 33.7 Å². The number of aromatic nitrogens is 4. The van der Waals surface area contributed by atoms with Crippen molar-refractivity contribution in [2.24, 2.45) is 0 Å². The van der Waals surface area contributed by atoms with Crippen LogP contribution < -0.4 is 15.8 Å². The van der Waals surface area contributed by atoms with Gasteiger partial charge in [-0.3, -0.25) is 4.79 Å². The van der Waals surface area contributed by atoms with Crippen LogP contribution in [0.4, 0.5) is 11.5 Å². The van der Waals surface area contributed by atoms with Crippen molar-refractivity contribution < 1.29 is 13.9 Å². The van der Waals surface area contributed by atoms with Crippen molar-refractivity contribution in [3.8, 4) is 17.2 Å². The van der Waals surface area contributed by atoms with Crippen LogP contribution in [-0.4, -0.2) is 32.5 Å². The summed E-state index contributed by atoms with van der Waals surface area (Å²) in [5, 5.41) is 10.8. The number of para-hydroxylation sites is 1. The molecule has 9 heteroatoms. The zero-order valence-electron chi connectivity index (χ0n) is 18.8. The zero-order valence-corrected chi connectivity index (χ0v) is 18.8. The van der Waals surface area contributed by atoms with Crippen LogP contribution in [0.25, 0.3) is 11.5 Å². The Kier molecular flexibility index (Phi) is 6.39. The van der Waals surface area contributed by atoms with Gasteiger partial charge in [0.1, 0.15) is 17.2 Å². The van der Waals surface area contributed by atoms with Gasteiger partial charge in [0.25, 0.3) is 5.91 Å². The topological polar surface area (TPSA) is 121 Å². The minimum absolute atomic E-state index is 0.0534. The maximum Gasteiger partial charge on any atom is 0.280 e. The van der Waals surface area contributed by atoms with Crippen LogP contribution in [0.3, 0.4) is 0 Å². The maximum absolute atomic E-state index is 12.7. The highest BCUT2D eigenvalue weighted by Crippen LogP contribution is 2.31. The van der Waals surface area contributed by atoms with E-state index in [1.165, 1.54) is 10.2 Å². The zero-order chi connectivity index (χ0) is 23.4. The number of benzene rings is 2. The molecule has 3 N–H and O–H groups in total. The number of rotatable bonds is 8. The van der Waals surface area contributed by atoms with E-state index in [9.17, 15) is 4.79 Å². The largest absolute Gasteiger partial charge is 0.493 e. The highest BCUT2D eigenvalue weighted by Gasteiger charge is 2.21. The number of amides is 1. The molecular weight excluding hydrogens is 420 g/mol. The Morgan fingerprint density at radius 2 is 1.91 bits per heavy atom. The average molecular weight is 447 g/mol. The highest BCUT2D eigenvalue weighted by molar-refractivity contribution is 6.05. The first-order valence-electron chi connectivity index (χ1n) is 10.8. The number of nitrogens with zero attached hydrogens (tertiary/aromatic N) is 4. The smallest absolute Gasteiger partial charge is 0.280 e. The second-order valence-electron chi connectivity index (χ2n) is 7.44. The van der Waals surface area contributed by atoms with E-state index in [0.29, 0.717) is 35.4 Å². The number of nitrogen functional groups attached to an aromatic ring is 1. The quantitative estimate of drug-likeness (QED) is 0.418. The van der Waals surface area contributed by atoms with Crippen molar-refractivity contribution in [2.75, 3.05) is 17.7 Å². The van der Waals surface area contributed by atoms with E-state index in [4.69, 9.17) is 14.9 Å². The third-order valence-electron chi connectivity index (χ3n) is 5.22. The molecule has 0 saturated heterocycles. The fourth-order valence-corrected chi connectivity index (χ4v) is 3.37. The molecule has 0 spiro atoms. The summed E-state index contributed by atoms with van der Waals surface area (Å²) < 4.78 is 13.0. The van der Waals surface area contributed by atoms with Gasteiger partial charge in [-0.15, -0.1) is 5.10 Å². The Bertz CT molecular complexity index is 1260. The average Bonchev–Trinajstić information content (AvgIpc) is 3.37. The lowest BCUT2D eigenvalue weighted by Crippen LogP contribution is -2.15. The highest BCUT2D eigenvalue weighted by atomic mass is 16.5. The number of hydrogen-bond acceptors (Lipinski definition) is 7. The lowest BCUT2D eigenvalue weighted by molar-refractivity contribution is 0.102. The number of ether oxygens (including phenoxy) is 1. The first-order chi connectivity index (χ1) is 16.0. The van der Waals surface area contributed by atoms with Crippen LogP contribution in [0.2, 0.25) is 0 Å². The second kappa shape index (κ2) is 9.56. The van der Waals surface area contributed by atoms with Gasteiger partial charge in [-0.25, -0.2) is 9.67 Å². The van der Waals surface area contributed by atoms with E-state index in [1.807, 2.05) is 62.4 Å². The molecular formula is C24H26N6O3. The molecule has 0 bridgehead atoms. The lowest BCUT2D eigenvalue weighted by Gasteiger charge is -2.06. The summed E-state index contributed by atoms with van der Waals surface area (Å²) in [7, 11) is 0. The Morgan fingerprint density at radius 1 is 1.15 bits per heavy atom. The number of hydrogen-bond donors (Lipinski definition) is 2. The molecule has 1 amide bonds. The summed E-state index contributed by atoms with van der Waals surface area (Å²) in [5.74, 6) is 1.48. The van der Waals surface area contributed by atoms with Gasteiger partial charge in [0.15, 0.2) is 11.5 Å². The fraction of sp³-hybridized carbons (Fsp3) is 0.250. The monoisotopic (exact) mass is 446 g/mol. The Balaban J connectivity index is 1.52. The predicted molar refractivity (Wildman–Crippen MR) is 125 cm³/mol. The van der Waals surface area contributed by atoms with Gasteiger partial charge in [0.2, 0.25) is 5.89 Å². The van der Waals surface area contributed by atoms with E-state index in [1.54, 1.807) is 0 Å². The SMILES string of the molecule is CCOc1ccccc1-c1nc(Cn2nnc(C(=O)Nc3ccc(CC)cc3)c2N)c(C)o1. The second-order valence-corrected chi connectivity index (χ2v) is 7.44. The number of anilines is 2. The Labute approximate surface area is 191 Å². The number of nitrogens with one attached hydrogen (secondary N) is 1. The van der Waals surface area contributed by atoms with Crippen molar-refractivity contribution in [1.29, 1.82) is 0 Å².